The third-order valence-electron chi connectivity index (χ3n) is 4.11. The first-order valence-electron chi connectivity index (χ1n) is 7.78. The van der Waals surface area contributed by atoms with Gasteiger partial charge in [0.1, 0.15) is 5.75 Å². The number of fused-ring (bicyclic) bond motifs is 1. The first-order chi connectivity index (χ1) is 11.0. The number of hydrogen-bond acceptors (Lipinski definition) is 3. The highest BCUT2D eigenvalue weighted by molar-refractivity contribution is 7.88. The molecule has 0 spiro atoms. The van der Waals surface area contributed by atoms with E-state index in [1.54, 1.807) is 0 Å². The first-order valence-corrected chi connectivity index (χ1v) is 9.43. The van der Waals surface area contributed by atoms with Crippen LogP contribution in [0.2, 0.25) is 0 Å². The molecule has 0 radical (unpaired) electrons. The molecule has 2 aromatic rings. The lowest BCUT2D eigenvalue weighted by atomic mass is 9.93. The van der Waals surface area contributed by atoms with Gasteiger partial charge in [-0.15, -0.1) is 0 Å². The molecule has 0 bridgehead atoms. The van der Waals surface area contributed by atoms with Crippen molar-refractivity contribution >= 4 is 10.0 Å². The van der Waals surface area contributed by atoms with Gasteiger partial charge in [0.2, 0.25) is 10.0 Å². The van der Waals surface area contributed by atoms with Crippen LogP contribution in [-0.4, -0.2) is 21.6 Å². The van der Waals surface area contributed by atoms with Gasteiger partial charge in [0.25, 0.3) is 0 Å². The summed E-state index contributed by atoms with van der Waals surface area (Å²) >= 11 is 0. The zero-order valence-electron chi connectivity index (χ0n) is 13.2. The fourth-order valence-corrected chi connectivity index (χ4v) is 4.00. The highest BCUT2D eigenvalue weighted by Gasteiger charge is 2.23. The van der Waals surface area contributed by atoms with Gasteiger partial charge in [-0.05, 0) is 30.5 Å². The molecular weight excluding hydrogens is 310 g/mol. The maximum atomic E-state index is 12.3. The molecular formula is C18H21NO3S. The summed E-state index contributed by atoms with van der Waals surface area (Å²) in [5.74, 6) is 1.03. The summed E-state index contributed by atoms with van der Waals surface area (Å²) in [6, 6.07) is 15.4. The van der Waals surface area contributed by atoms with Crippen molar-refractivity contribution < 1.29 is 13.2 Å². The van der Waals surface area contributed by atoms with Gasteiger partial charge >= 0.3 is 0 Å². The Bertz CT molecular complexity index is 769. The number of para-hydroxylation sites is 1. The van der Waals surface area contributed by atoms with Crippen molar-refractivity contribution in [3.05, 3.63) is 65.2 Å². The molecule has 0 aliphatic carbocycles. The lowest BCUT2D eigenvalue weighted by Gasteiger charge is -2.26. The van der Waals surface area contributed by atoms with Crippen molar-refractivity contribution in [3.8, 4) is 5.75 Å². The van der Waals surface area contributed by atoms with Crippen molar-refractivity contribution in [1.29, 1.82) is 0 Å². The van der Waals surface area contributed by atoms with Gasteiger partial charge in [0.15, 0.2) is 0 Å². The molecule has 1 N–H and O–H groups in total. The van der Waals surface area contributed by atoms with E-state index in [9.17, 15) is 8.42 Å². The van der Waals surface area contributed by atoms with Crippen LogP contribution < -0.4 is 9.46 Å². The minimum absolute atomic E-state index is 0.0121. The first kappa shape index (κ1) is 16.0. The number of ether oxygens (including phenoxy) is 1. The van der Waals surface area contributed by atoms with Crippen LogP contribution in [-0.2, 0) is 15.8 Å². The quantitative estimate of drug-likeness (QED) is 0.916. The van der Waals surface area contributed by atoms with Gasteiger partial charge < -0.3 is 4.74 Å². The van der Waals surface area contributed by atoms with Gasteiger partial charge in [-0.3, -0.25) is 0 Å². The smallest absolute Gasteiger partial charge is 0.215 e. The van der Waals surface area contributed by atoms with Crippen LogP contribution in [0.4, 0.5) is 0 Å². The monoisotopic (exact) mass is 331 g/mol. The van der Waals surface area contributed by atoms with E-state index >= 15 is 0 Å². The van der Waals surface area contributed by atoms with Crippen LogP contribution >= 0.6 is 0 Å². The van der Waals surface area contributed by atoms with Crippen molar-refractivity contribution in [1.82, 2.24) is 4.72 Å². The third kappa shape index (κ3) is 4.12. The summed E-state index contributed by atoms with van der Waals surface area (Å²) in [5.41, 5.74) is 3.00. The fourth-order valence-electron chi connectivity index (χ4n) is 2.81. The summed E-state index contributed by atoms with van der Waals surface area (Å²) in [4.78, 5) is 0. The van der Waals surface area contributed by atoms with Crippen LogP contribution in [0.5, 0.6) is 5.75 Å². The van der Waals surface area contributed by atoms with Crippen LogP contribution in [0.25, 0.3) is 0 Å². The fraction of sp³-hybridized carbons (Fsp3) is 0.333. The summed E-state index contributed by atoms with van der Waals surface area (Å²) in [7, 11) is -3.34. The minimum Gasteiger partial charge on any atom is -0.493 e. The second kappa shape index (κ2) is 6.72. The summed E-state index contributed by atoms with van der Waals surface area (Å²) in [6.45, 7) is 3.02. The van der Waals surface area contributed by atoms with E-state index in [0.29, 0.717) is 13.2 Å². The zero-order valence-corrected chi connectivity index (χ0v) is 14.0. The lowest BCUT2D eigenvalue weighted by molar-refractivity contribution is 0.267. The number of aryl methyl sites for hydroxylation is 1. The van der Waals surface area contributed by atoms with Crippen LogP contribution in [0.15, 0.2) is 48.5 Å². The second-order valence-electron chi connectivity index (χ2n) is 5.97. The molecule has 1 aliphatic heterocycles. The molecule has 0 saturated heterocycles. The molecule has 4 nitrogen and oxygen atoms in total. The van der Waals surface area contributed by atoms with E-state index in [1.165, 1.54) is 0 Å². The van der Waals surface area contributed by atoms with Gasteiger partial charge in [0.05, 0.1) is 12.4 Å². The van der Waals surface area contributed by atoms with Crippen LogP contribution in [0.3, 0.4) is 0 Å². The summed E-state index contributed by atoms with van der Waals surface area (Å²) in [6.07, 6.45) is 0.823. The highest BCUT2D eigenvalue weighted by Crippen LogP contribution is 2.32. The molecule has 1 heterocycles. The normalized spacial score (nSPS) is 17.3. The largest absolute Gasteiger partial charge is 0.493 e. The second-order valence-corrected chi connectivity index (χ2v) is 7.77. The van der Waals surface area contributed by atoms with Crippen molar-refractivity contribution in [3.63, 3.8) is 0 Å². The average Bonchev–Trinajstić information content (AvgIpc) is 2.55. The highest BCUT2D eigenvalue weighted by atomic mass is 32.2. The molecule has 23 heavy (non-hydrogen) atoms. The molecule has 3 rings (SSSR count). The number of nitrogens with one attached hydrogen (secondary N) is 1. The van der Waals surface area contributed by atoms with Gasteiger partial charge in [-0.2, -0.15) is 0 Å². The van der Waals surface area contributed by atoms with Gasteiger partial charge in [-0.1, -0.05) is 48.0 Å². The number of hydrogen-bond donors (Lipinski definition) is 1. The molecule has 1 atom stereocenters. The van der Waals surface area contributed by atoms with E-state index in [4.69, 9.17) is 4.74 Å². The molecule has 2 aromatic carbocycles. The van der Waals surface area contributed by atoms with Crippen LogP contribution in [0.1, 0.15) is 29.0 Å². The van der Waals surface area contributed by atoms with Crippen molar-refractivity contribution in [2.75, 3.05) is 13.2 Å². The van der Waals surface area contributed by atoms with Gasteiger partial charge in [-0.25, -0.2) is 13.1 Å². The Morgan fingerprint density at radius 2 is 1.87 bits per heavy atom. The molecule has 122 valence electrons. The Labute approximate surface area is 137 Å². The molecule has 1 aliphatic rings. The maximum absolute atomic E-state index is 12.3. The molecule has 0 aromatic heterocycles. The zero-order chi connectivity index (χ0) is 16.3. The molecule has 5 heteroatoms. The maximum Gasteiger partial charge on any atom is 0.215 e. The Hall–Kier alpha value is -1.85. The molecule has 1 unspecified atom stereocenters. The Kier molecular flexibility index (Phi) is 4.68. The standard InChI is InChI=1S/C18H21NO3S/c1-14-6-8-15(9-7-14)13-23(20,21)19-12-16-10-11-22-18-5-3-2-4-17(16)18/h2-9,16,19H,10-13H2,1H3. The number of benzene rings is 2. The predicted molar refractivity (Wildman–Crippen MR) is 91.1 cm³/mol. The molecule has 0 fully saturated rings. The van der Waals surface area contributed by atoms with Crippen LogP contribution in [0, 0.1) is 6.92 Å². The lowest BCUT2D eigenvalue weighted by Crippen LogP contribution is -2.31. The number of sulfonamides is 1. The molecule has 0 amide bonds. The Morgan fingerprint density at radius 3 is 2.65 bits per heavy atom. The molecule has 0 saturated carbocycles. The van der Waals surface area contributed by atoms with E-state index in [0.717, 1.165) is 28.9 Å². The van der Waals surface area contributed by atoms with E-state index in [-0.39, 0.29) is 11.7 Å². The Balaban J connectivity index is 1.65. The Morgan fingerprint density at radius 1 is 1.13 bits per heavy atom. The van der Waals surface area contributed by atoms with Crippen molar-refractivity contribution in [2.24, 2.45) is 0 Å². The average molecular weight is 331 g/mol. The topological polar surface area (TPSA) is 55.4 Å². The summed E-state index contributed by atoms with van der Waals surface area (Å²) in [5, 5.41) is 0. The summed E-state index contributed by atoms with van der Waals surface area (Å²) < 4.78 is 33.0. The third-order valence-corrected chi connectivity index (χ3v) is 5.43. The van der Waals surface area contributed by atoms with E-state index < -0.39 is 10.0 Å². The number of rotatable bonds is 5. The van der Waals surface area contributed by atoms with E-state index in [2.05, 4.69) is 4.72 Å². The van der Waals surface area contributed by atoms with E-state index in [1.807, 2.05) is 55.5 Å². The SMILES string of the molecule is Cc1ccc(CS(=O)(=O)NCC2CCOc3ccccc32)cc1. The van der Waals surface area contributed by atoms with Gasteiger partial charge in [0, 0.05) is 12.5 Å². The van der Waals surface area contributed by atoms with Crippen molar-refractivity contribution in [2.45, 2.75) is 25.0 Å². The predicted octanol–water partition coefficient (Wildman–Crippen LogP) is 2.98. The minimum atomic E-state index is -3.34.